The number of thioether (sulfide) groups is 1. The summed E-state index contributed by atoms with van der Waals surface area (Å²) in [5, 5.41) is 3.12. The van der Waals surface area contributed by atoms with Crippen LogP contribution in [-0.4, -0.2) is 46.5 Å². The molecule has 1 aliphatic heterocycles. The third-order valence-electron chi connectivity index (χ3n) is 4.37. The molecule has 2 fully saturated rings. The Bertz CT molecular complexity index is 376. The summed E-state index contributed by atoms with van der Waals surface area (Å²) in [4.78, 5) is 26.4. The highest BCUT2D eigenvalue weighted by Gasteiger charge is 2.35. The molecule has 2 aliphatic rings. The summed E-state index contributed by atoms with van der Waals surface area (Å²) < 4.78 is 0. The van der Waals surface area contributed by atoms with Gasteiger partial charge < -0.3 is 16.0 Å². The van der Waals surface area contributed by atoms with E-state index < -0.39 is 0 Å². The fourth-order valence-corrected chi connectivity index (χ4v) is 4.12. The quantitative estimate of drug-likeness (QED) is 0.794. The van der Waals surface area contributed by atoms with Crippen LogP contribution in [-0.2, 0) is 9.59 Å². The topological polar surface area (TPSA) is 75.4 Å². The van der Waals surface area contributed by atoms with Crippen molar-refractivity contribution in [2.75, 3.05) is 11.6 Å². The standard InChI is InChI=1S/C15H27N3O2S.ClH/c1-2-3-4-14(19)18-10-21-9-13(18)15(20)17-12-7-5-11(16)6-8-12;/h11-13H,2-10,16H2,1H3,(H,17,20);1H. The van der Waals surface area contributed by atoms with Gasteiger partial charge >= 0.3 is 0 Å². The molecule has 0 bridgehead atoms. The molecule has 1 atom stereocenters. The molecule has 0 radical (unpaired) electrons. The van der Waals surface area contributed by atoms with Gasteiger partial charge in [-0.25, -0.2) is 0 Å². The molecule has 128 valence electrons. The molecule has 1 saturated heterocycles. The molecule has 1 unspecified atom stereocenters. The van der Waals surface area contributed by atoms with Gasteiger partial charge in [-0.15, -0.1) is 24.2 Å². The predicted octanol–water partition coefficient (Wildman–Crippen LogP) is 1.89. The predicted molar refractivity (Wildman–Crippen MR) is 93.1 cm³/mol. The van der Waals surface area contributed by atoms with Crippen LogP contribution in [0.2, 0.25) is 0 Å². The summed E-state index contributed by atoms with van der Waals surface area (Å²) in [7, 11) is 0. The Hall–Kier alpha value is -0.460. The number of carbonyl (C=O) groups excluding carboxylic acids is 2. The van der Waals surface area contributed by atoms with Crippen LogP contribution >= 0.6 is 24.2 Å². The molecule has 5 nitrogen and oxygen atoms in total. The van der Waals surface area contributed by atoms with E-state index in [1.165, 1.54) is 0 Å². The molecule has 22 heavy (non-hydrogen) atoms. The lowest BCUT2D eigenvalue weighted by Gasteiger charge is -2.29. The Kier molecular flexibility index (Phi) is 8.57. The first-order valence-corrected chi connectivity index (χ1v) is 9.20. The van der Waals surface area contributed by atoms with E-state index in [4.69, 9.17) is 5.73 Å². The maximum Gasteiger partial charge on any atom is 0.243 e. The maximum atomic E-state index is 12.4. The number of carbonyl (C=O) groups is 2. The van der Waals surface area contributed by atoms with Crippen molar-refractivity contribution in [2.45, 2.75) is 70.0 Å². The Morgan fingerprint density at radius 1 is 1.27 bits per heavy atom. The van der Waals surface area contributed by atoms with Crippen LogP contribution in [0.3, 0.4) is 0 Å². The number of nitrogens with zero attached hydrogens (tertiary/aromatic N) is 1. The molecule has 0 aromatic rings. The van der Waals surface area contributed by atoms with Crippen molar-refractivity contribution >= 4 is 36.0 Å². The third-order valence-corrected chi connectivity index (χ3v) is 5.38. The summed E-state index contributed by atoms with van der Waals surface area (Å²) in [5.74, 6) is 1.50. The van der Waals surface area contributed by atoms with E-state index >= 15 is 0 Å². The number of nitrogens with one attached hydrogen (secondary N) is 1. The number of hydrogen-bond acceptors (Lipinski definition) is 4. The van der Waals surface area contributed by atoms with Crippen molar-refractivity contribution in [1.82, 2.24) is 10.2 Å². The lowest BCUT2D eigenvalue weighted by Crippen LogP contribution is -2.51. The highest BCUT2D eigenvalue weighted by atomic mass is 35.5. The van der Waals surface area contributed by atoms with Crippen molar-refractivity contribution in [1.29, 1.82) is 0 Å². The molecule has 1 saturated carbocycles. The highest BCUT2D eigenvalue weighted by Crippen LogP contribution is 2.23. The van der Waals surface area contributed by atoms with Gasteiger partial charge in [0.15, 0.2) is 0 Å². The summed E-state index contributed by atoms with van der Waals surface area (Å²) >= 11 is 1.67. The summed E-state index contributed by atoms with van der Waals surface area (Å²) in [6.45, 7) is 2.07. The Morgan fingerprint density at radius 2 is 1.95 bits per heavy atom. The second kappa shape index (κ2) is 9.63. The number of nitrogens with two attached hydrogens (primary N) is 1. The Morgan fingerprint density at radius 3 is 2.59 bits per heavy atom. The fraction of sp³-hybridized carbons (Fsp3) is 0.867. The van der Waals surface area contributed by atoms with E-state index in [0.29, 0.717) is 12.3 Å². The zero-order chi connectivity index (χ0) is 15.2. The first kappa shape index (κ1) is 19.6. The molecule has 0 aromatic carbocycles. The number of unbranched alkanes of at least 4 members (excludes halogenated alkanes) is 1. The number of hydrogen-bond donors (Lipinski definition) is 2. The molecule has 7 heteroatoms. The molecule has 0 aromatic heterocycles. The monoisotopic (exact) mass is 349 g/mol. The van der Waals surface area contributed by atoms with Gasteiger partial charge in [-0.1, -0.05) is 13.3 Å². The van der Waals surface area contributed by atoms with Gasteiger partial charge in [0.25, 0.3) is 0 Å². The van der Waals surface area contributed by atoms with E-state index in [9.17, 15) is 9.59 Å². The second-order valence-electron chi connectivity index (χ2n) is 6.10. The molecule has 2 amide bonds. The lowest BCUT2D eigenvalue weighted by atomic mass is 9.91. The molecule has 1 heterocycles. The van der Waals surface area contributed by atoms with Crippen LogP contribution in [0.15, 0.2) is 0 Å². The third kappa shape index (κ3) is 5.32. The van der Waals surface area contributed by atoms with Gasteiger partial charge in [0.05, 0.1) is 5.88 Å². The summed E-state index contributed by atoms with van der Waals surface area (Å²) in [6.07, 6.45) is 6.32. The van der Waals surface area contributed by atoms with Crippen molar-refractivity contribution in [3.8, 4) is 0 Å². The van der Waals surface area contributed by atoms with E-state index in [-0.39, 0.29) is 42.3 Å². The second-order valence-corrected chi connectivity index (χ2v) is 7.10. The van der Waals surface area contributed by atoms with Crippen molar-refractivity contribution < 1.29 is 9.59 Å². The van der Waals surface area contributed by atoms with E-state index in [2.05, 4.69) is 12.2 Å². The average molecular weight is 350 g/mol. The van der Waals surface area contributed by atoms with Crippen LogP contribution in [0.1, 0.15) is 51.9 Å². The summed E-state index contributed by atoms with van der Waals surface area (Å²) in [5.41, 5.74) is 5.89. The molecular weight excluding hydrogens is 322 g/mol. The number of halogens is 1. The molecular formula is C15H28ClN3O2S. The molecule has 3 N–H and O–H groups in total. The van der Waals surface area contributed by atoms with E-state index in [1.54, 1.807) is 16.7 Å². The first-order chi connectivity index (χ1) is 10.1. The van der Waals surface area contributed by atoms with Crippen LogP contribution in [0.25, 0.3) is 0 Å². The maximum absolute atomic E-state index is 12.4. The minimum atomic E-state index is -0.282. The van der Waals surface area contributed by atoms with Crippen molar-refractivity contribution in [3.05, 3.63) is 0 Å². The first-order valence-electron chi connectivity index (χ1n) is 8.05. The lowest BCUT2D eigenvalue weighted by molar-refractivity contribution is -0.138. The highest BCUT2D eigenvalue weighted by molar-refractivity contribution is 7.99. The Balaban J connectivity index is 0.00000242. The van der Waals surface area contributed by atoms with Crippen LogP contribution < -0.4 is 11.1 Å². The minimum absolute atomic E-state index is 0. The van der Waals surface area contributed by atoms with Crippen molar-refractivity contribution in [3.63, 3.8) is 0 Å². The molecule has 1 aliphatic carbocycles. The van der Waals surface area contributed by atoms with Gasteiger partial charge in [-0.3, -0.25) is 9.59 Å². The Labute approximate surface area is 143 Å². The normalized spacial score (nSPS) is 28.1. The van der Waals surface area contributed by atoms with Crippen LogP contribution in [0.4, 0.5) is 0 Å². The minimum Gasteiger partial charge on any atom is -0.352 e. The SMILES string of the molecule is CCCCC(=O)N1CSCC1C(=O)NC1CCC(N)CC1.Cl. The van der Waals surface area contributed by atoms with Crippen molar-refractivity contribution in [2.24, 2.45) is 5.73 Å². The molecule has 2 rings (SSSR count). The van der Waals surface area contributed by atoms with Crippen LogP contribution in [0.5, 0.6) is 0 Å². The smallest absolute Gasteiger partial charge is 0.243 e. The average Bonchev–Trinajstić information content (AvgIpc) is 2.96. The van der Waals surface area contributed by atoms with Gasteiger partial charge in [-0.2, -0.15) is 0 Å². The van der Waals surface area contributed by atoms with Gasteiger partial charge in [0.1, 0.15) is 6.04 Å². The summed E-state index contributed by atoms with van der Waals surface area (Å²) in [6, 6.07) is 0.234. The van der Waals surface area contributed by atoms with E-state index in [0.717, 1.165) is 44.3 Å². The number of amides is 2. The largest absolute Gasteiger partial charge is 0.352 e. The zero-order valence-electron chi connectivity index (χ0n) is 13.3. The number of rotatable bonds is 5. The fourth-order valence-electron chi connectivity index (χ4n) is 2.94. The zero-order valence-corrected chi connectivity index (χ0v) is 14.9. The van der Waals surface area contributed by atoms with Gasteiger partial charge in [0, 0.05) is 24.3 Å². The van der Waals surface area contributed by atoms with E-state index in [1.807, 2.05) is 0 Å². The molecule has 0 spiro atoms. The van der Waals surface area contributed by atoms with Gasteiger partial charge in [0.2, 0.25) is 11.8 Å². The van der Waals surface area contributed by atoms with Crippen LogP contribution in [0, 0.1) is 0 Å². The van der Waals surface area contributed by atoms with Gasteiger partial charge in [-0.05, 0) is 32.1 Å².